The van der Waals surface area contributed by atoms with Gasteiger partial charge in [0.25, 0.3) is 0 Å². The summed E-state index contributed by atoms with van der Waals surface area (Å²) in [4.78, 5) is 2.52. The molecule has 0 bridgehead atoms. The molecule has 2 nitrogen and oxygen atoms in total. The molecule has 2 saturated heterocycles. The minimum atomic E-state index is 0.794. The van der Waals surface area contributed by atoms with E-state index in [1.807, 2.05) is 0 Å². The highest BCUT2D eigenvalue weighted by Crippen LogP contribution is 2.33. The minimum Gasteiger partial charge on any atom is -0.371 e. The topological polar surface area (TPSA) is 15.3 Å². The van der Waals surface area contributed by atoms with Crippen LogP contribution in [-0.2, 0) is 6.42 Å². The van der Waals surface area contributed by atoms with Gasteiger partial charge in [-0.2, -0.15) is 0 Å². The molecule has 0 unspecified atom stereocenters. The van der Waals surface area contributed by atoms with Crippen LogP contribution in [0.2, 0.25) is 5.02 Å². The molecule has 19 heavy (non-hydrogen) atoms. The number of hydrogen-bond acceptors (Lipinski definition) is 2. The van der Waals surface area contributed by atoms with Crippen molar-refractivity contribution >= 4 is 17.3 Å². The summed E-state index contributed by atoms with van der Waals surface area (Å²) < 4.78 is 0. The van der Waals surface area contributed by atoms with E-state index in [1.54, 1.807) is 0 Å². The molecule has 2 fully saturated rings. The van der Waals surface area contributed by atoms with Crippen LogP contribution in [0.4, 0.5) is 5.69 Å². The van der Waals surface area contributed by atoms with Gasteiger partial charge in [0, 0.05) is 23.8 Å². The van der Waals surface area contributed by atoms with E-state index in [-0.39, 0.29) is 0 Å². The Balaban J connectivity index is 1.81. The SMILES string of the molecule is Clc1cccc(N2CCCC2)c1CC1CCNCC1. The second-order valence-corrected chi connectivity index (χ2v) is 6.24. The Labute approximate surface area is 121 Å². The maximum Gasteiger partial charge on any atom is 0.0458 e. The molecule has 0 aliphatic carbocycles. The monoisotopic (exact) mass is 278 g/mol. The lowest BCUT2D eigenvalue weighted by Gasteiger charge is -2.27. The molecule has 2 heterocycles. The van der Waals surface area contributed by atoms with Crippen LogP contribution in [0.1, 0.15) is 31.2 Å². The Morgan fingerprint density at radius 1 is 1.16 bits per heavy atom. The number of nitrogens with one attached hydrogen (secondary N) is 1. The van der Waals surface area contributed by atoms with Crippen LogP contribution in [0.15, 0.2) is 18.2 Å². The van der Waals surface area contributed by atoms with Gasteiger partial charge in [-0.25, -0.2) is 0 Å². The molecule has 3 heteroatoms. The molecule has 2 aliphatic heterocycles. The van der Waals surface area contributed by atoms with Crippen molar-refractivity contribution in [3.05, 3.63) is 28.8 Å². The molecular weight excluding hydrogens is 256 g/mol. The molecule has 0 amide bonds. The van der Waals surface area contributed by atoms with Crippen molar-refractivity contribution in [3.8, 4) is 0 Å². The van der Waals surface area contributed by atoms with Crippen LogP contribution in [0.5, 0.6) is 0 Å². The van der Waals surface area contributed by atoms with Crippen LogP contribution in [0.25, 0.3) is 0 Å². The van der Waals surface area contributed by atoms with Crippen LogP contribution >= 0.6 is 11.6 Å². The maximum atomic E-state index is 6.48. The number of hydrogen-bond donors (Lipinski definition) is 1. The molecule has 3 rings (SSSR count). The van der Waals surface area contributed by atoms with Crippen LogP contribution in [0, 0.1) is 5.92 Å². The maximum absolute atomic E-state index is 6.48. The molecule has 0 radical (unpaired) electrons. The number of piperidine rings is 1. The van der Waals surface area contributed by atoms with Gasteiger partial charge in [-0.15, -0.1) is 0 Å². The van der Waals surface area contributed by atoms with E-state index in [4.69, 9.17) is 11.6 Å². The quantitative estimate of drug-likeness (QED) is 0.911. The number of nitrogens with zero attached hydrogens (tertiary/aromatic N) is 1. The first-order valence-electron chi connectivity index (χ1n) is 7.57. The van der Waals surface area contributed by atoms with Crippen molar-refractivity contribution in [3.63, 3.8) is 0 Å². The van der Waals surface area contributed by atoms with Gasteiger partial charge in [0.05, 0.1) is 0 Å². The van der Waals surface area contributed by atoms with E-state index in [2.05, 4.69) is 28.4 Å². The minimum absolute atomic E-state index is 0.794. The Bertz CT molecular complexity index is 421. The van der Waals surface area contributed by atoms with Gasteiger partial charge >= 0.3 is 0 Å². The number of anilines is 1. The van der Waals surface area contributed by atoms with Gasteiger partial charge in [0.1, 0.15) is 0 Å². The third-order valence-corrected chi connectivity index (χ3v) is 4.85. The average molecular weight is 279 g/mol. The van der Waals surface area contributed by atoms with Crippen molar-refractivity contribution in [2.45, 2.75) is 32.1 Å². The van der Waals surface area contributed by atoms with E-state index >= 15 is 0 Å². The zero-order valence-corrected chi connectivity index (χ0v) is 12.3. The Hall–Kier alpha value is -0.730. The summed E-state index contributed by atoms with van der Waals surface area (Å²) >= 11 is 6.48. The van der Waals surface area contributed by atoms with Gasteiger partial charge in [-0.3, -0.25) is 0 Å². The van der Waals surface area contributed by atoms with Crippen LogP contribution in [-0.4, -0.2) is 26.2 Å². The number of halogens is 1. The van der Waals surface area contributed by atoms with Crippen molar-refractivity contribution in [1.29, 1.82) is 0 Å². The summed E-state index contributed by atoms with van der Waals surface area (Å²) in [6.45, 7) is 4.71. The zero-order valence-electron chi connectivity index (χ0n) is 11.5. The van der Waals surface area contributed by atoms with Crippen LogP contribution in [0.3, 0.4) is 0 Å². The summed E-state index contributed by atoms with van der Waals surface area (Å²) in [6, 6.07) is 6.41. The van der Waals surface area contributed by atoms with Gasteiger partial charge in [0.2, 0.25) is 0 Å². The third kappa shape index (κ3) is 3.06. The number of benzene rings is 1. The molecule has 1 aromatic carbocycles. The van der Waals surface area contributed by atoms with E-state index in [1.165, 1.54) is 50.0 Å². The lowest BCUT2D eigenvalue weighted by atomic mass is 9.90. The largest absolute Gasteiger partial charge is 0.371 e. The second kappa shape index (κ2) is 6.15. The molecule has 1 N–H and O–H groups in total. The van der Waals surface area contributed by atoms with E-state index in [9.17, 15) is 0 Å². The molecule has 0 saturated carbocycles. The first-order chi connectivity index (χ1) is 9.34. The Morgan fingerprint density at radius 2 is 1.89 bits per heavy atom. The second-order valence-electron chi connectivity index (χ2n) is 5.83. The highest BCUT2D eigenvalue weighted by atomic mass is 35.5. The molecule has 2 aliphatic rings. The van der Waals surface area contributed by atoms with Crippen molar-refractivity contribution in [1.82, 2.24) is 5.32 Å². The average Bonchev–Trinajstić information content (AvgIpc) is 2.96. The predicted octanol–water partition coefficient (Wildman–Crippen LogP) is 3.48. The van der Waals surface area contributed by atoms with Gasteiger partial charge in [0.15, 0.2) is 0 Å². The van der Waals surface area contributed by atoms with Gasteiger partial charge < -0.3 is 10.2 Å². The summed E-state index contributed by atoms with van der Waals surface area (Å²) in [7, 11) is 0. The normalized spacial score (nSPS) is 21.0. The number of rotatable bonds is 3. The summed E-state index contributed by atoms with van der Waals surface area (Å²) in [5.74, 6) is 0.794. The summed E-state index contributed by atoms with van der Waals surface area (Å²) in [6.07, 6.45) is 6.35. The molecule has 0 atom stereocenters. The van der Waals surface area contributed by atoms with Crippen LogP contribution < -0.4 is 10.2 Å². The predicted molar refractivity (Wildman–Crippen MR) is 82.2 cm³/mol. The fraction of sp³-hybridized carbons (Fsp3) is 0.625. The molecule has 1 aromatic rings. The van der Waals surface area contributed by atoms with Crippen molar-refractivity contribution in [2.24, 2.45) is 5.92 Å². The standard InChI is InChI=1S/C16H23ClN2/c17-15-4-3-5-16(19-10-1-2-11-19)14(15)12-13-6-8-18-9-7-13/h3-5,13,18H,1-2,6-12H2. The third-order valence-electron chi connectivity index (χ3n) is 4.49. The van der Waals surface area contributed by atoms with Gasteiger partial charge in [-0.05, 0) is 68.8 Å². The molecular formula is C16H23ClN2. The first kappa shape index (κ1) is 13.3. The molecule has 0 aromatic heterocycles. The highest BCUT2D eigenvalue weighted by molar-refractivity contribution is 6.31. The zero-order chi connectivity index (χ0) is 13.1. The fourth-order valence-electron chi connectivity index (χ4n) is 3.38. The van der Waals surface area contributed by atoms with E-state index < -0.39 is 0 Å². The van der Waals surface area contributed by atoms with Gasteiger partial charge in [-0.1, -0.05) is 17.7 Å². The highest BCUT2D eigenvalue weighted by Gasteiger charge is 2.21. The van der Waals surface area contributed by atoms with Crippen molar-refractivity contribution < 1.29 is 0 Å². The lowest BCUT2D eigenvalue weighted by Crippen LogP contribution is -2.29. The Morgan fingerprint density at radius 3 is 2.63 bits per heavy atom. The fourth-order valence-corrected chi connectivity index (χ4v) is 3.62. The van der Waals surface area contributed by atoms with E-state index in [0.717, 1.165) is 30.5 Å². The summed E-state index contributed by atoms with van der Waals surface area (Å²) in [5, 5.41) is 4.40. The smallest absolute Gasteiger partial charge is 0.0458 e. The Kier molecular flexibility index (Phi) is 4.29. The lowest BCUT2D eigenvalue weighted by molar-refractivity contribution is 0.373. The molecule has 0 spiro atoms. The van der Waals surface area contributed by atoms with E-state index in [0.29, 0.717) is 0 Å². The summed E-state index contributed by atoms with van der Waals surface area (Å²) in [5.41, 5.74) is 2.78. The molecule has 104 valence electrons. The first-order valence-corrected chi connectivity index (χ1v) is 7.95. The van der Waals surface area contributed by atoms with Crippen molar-refractivity contribution in [2.75, 3.05) is 31.1 Å².